The van der Waals surface area contributed by atoms with Crippen LogP contribution in [0.25, 0.3) is 22.6 Å². The smallest absolute Gasteiger partial charge is 0.252 e. The highest BCUT2D eigenvalue weighted by Gasteiger charge is 2.37. The predicted molar refractivity (Wildman–Crippen MR) is 125 cm³/mol. The van der Waals surface area contributed by atoms with E-state index in [0.717, 1.165) is 41.2 Å². The van der Waals surface area contributed by atoms with Crippen molar-refractivity contribution in [2.75, 3.05) is 7.05 Å². The van der Waals surface area contributed by atoms with Crippen LogP contribution in [0.1, 0.15) is 34.6 Å². The summed E-state index contributed by atoms with van der Waals surface area (Å²) < 4.78 is 3.88. The third kappa shape index (κ3) is 4.00. The number of amides is 2. The molecule has 8 heteroatoms. The highest BCUT2D eigenvalue weighted by Crippen LogP contribution is 2.33. The van der Waals surface area contributed by atoms with Crippen molar-refractivity contribution in [2.45, 2.75) is 32.7 Å². The number of carbonyl (C=O) groups is 2. The molecule has 0 aliphatic heterocycles. The monoisotopic (exact) mass is 442 g/mol. The molecule has 1 fully saturated rings. The Bertz CT molecular complexity index is 1360. The van der Waals surface area contributed by atoms with Gasteiger partial charge < -0.3 is 10.6 Å². The number of nitrogens with zero attached hydrogens (tertiary/aromatic N) is 4. The number of pyridine rings is 1. The number of hydrogen-bond acceptors (Lipinski definition) is 4. The highest BCUT2D eigenvalue weighted by molar-refractivity contribution is 5.98. The second-order valence-corrected chi connectivity index (χ2v) is 8.58. The minimum atomic E-state index is -0.494. The fourth-order valence-corrected chi connectivity index (χ4v) is 4.23. The number of hydrogen-bond donors (Lipinski definition) is 2. The molecule has 0 radical (unpaired) electrons. The topological polar surface area (TPSA) is 93.3 Å². The van der Waals surface area contributed by atoms with Crippen molar-refractivity contribution in [1.82, 2.24) is 29.8 Å². The van der Waals surface area contributed by atoms with Crippen molar-refractivity contribution in [3.05, 3.63) is 71.8 Å². The average Bonchev–Trinajstić information content (AvgIpc) is 3.48. The number of benzene rings is 1. The Hall–Kier alpha value is -3.94. The molecule has 3 aromatic heterocycles. The van der Waals surface area contributed by atoms with Crippen LogP contribution < -0.4 is 10.6 Å². The summed E-state index contributed by atoms with van der Waals surface area (Å²) >= 11 is 0. The molecule has 1 saturated carbocycles. The number of nitrogens with one attached hydrogen (secondary N) is 2. The SMILES string of the molecule is CNC(=O)[C@@H](NC(=O)c1ccn2c(-c3cccc(-n4nc(C)cc4C)c3)cnc2c1)C1CC1. The minimum Gasteiger partial charge on any atom is -0.357 e. The molecule has 0 spiro atoms. The van der Waals surface area contributed by atoms with E-state index < -0.39 is 6.04 Å². The minimum absolute atomic E-state index is 0.155. The third-order valence-electron chi connectivity index (χ3n) is 6.08. The molecule has 2 N–H and O–H groups in total. The Morgan fingerprint density at radius 2 is 1.94 bits per heavy atom. The van der Waals surface area contributed by atoms with Gasteiger partial charge in [-0.15, -0.1) is 0 Å². The zero-order chi connectivity index (χ0) is 23.1. The van der Waals surface area contributed by atoms with Crippen LogP contribution in [0.3, 0.4) is 0 Å². The van der Waals surface area contributed by atoms with E-state index in [1.54, 1.807) is 25.4 Å². The molecule has 0 unspecified atom stereocenters. The molecule has 1 aliphatic carbocycles. The lowest BCUT2D eigenvalue weighted by Gasteiger charge is -2.16. The van der Waals surface area contributed by atoms with Crippen LogP contribution >= 0.6 is 0 Å². The van der Waals surface area contributed by atoms with Crippen LogP contribution in [0.2, 0.25) is 0 Å². The van der Waals surface area contributed by atoms with Crippen molar-refractivity contribution in [2.24, 2.45) is 5.92 Å². The predicted octanol–water partition coefficient (Wildman–Crippen LogP) is 3.06. The van der Waals surface area contributed by atoms with Crippen molar-refractivity contribution < 1.29 is 9.59 Å². The van der Waals surface area contributed by atoms with E-state index in [9.17, 15) is 9.59 Å². The Labute approximate surface area is 191 Å². The van der Waals surface area contributed by atoms with Crippen molar-refractivity contribution in [1.29, 1.82) is 0 Å². The molecule has 0 saturated heterocycles. The summed E-state index contributed by atoms with van der Waals surface area (Å²) in [6.45, 7) is 4.01. The lowest BCUT2D eigenvalue weighted by Crippen LogP contribution is -2.47. The zero-order valence-corrected chi connectivity index (χ0v) is 18.9. The summed E-state index contributed by atoms with van der Waals surface area (Å²) in [5, 5.41) is 10.1. The fraction of sp³-hybridized carbons (Fsp3) is 0.280. The normalized spacial score (nSPS) is 14.3. The van der Waals surface area contributed by atoms with E-state index in [-0.39, 0.29) is 17.7 Å². The van der Waals surface area contributed by atoms with Crippen LogP contribution in [-0.2, 0) is 4.79 Å². The van der Waals surface area contributed by atoms with Crippen LogP contribution in [0.15, 0.2) is 54.9 Å². The van der Waals surface area contributed by atoms with Gasteiger partial charge in [-0.2, -0.15) is 5.10 Å². The molecule has 168 valence electrons. The van der Waals surface area contributed by atoms with Gasteiger partial charge in [-0.05, 0) is 62.9 Å². The third-order valence-corrected chi connectivity index (χ3v) is 6.08. The van der Waals surface area contributed by atoms with Gasteiger partial charge in [0, 0.05) is 30.1 Å². The first-order chi connectivity index (χ1) is 15.9. The fourth-order valence-electron chi connectivity index (χ4n) is 4.23. The van der Waals surface area contributed by atoms with E-state index in [4.69, 9.17) is 0 Å². The van der Waals surface area contributed by atoms with Crippen LogP contribution in [0.4, 0.5) is 0 Å². The lowest BCUT2D eigenvalue weighted by atomic mass is 10.1. The molecule has 1 aromatic carbocycles. The number of fused-ring (bicyclic) bond motifs is 1. The first-order valence-corrected chi connectivity index (χ1v) is 11.1. The van der Waals surface area contributed by atoms with Gasteiger partial charge >= 0.3 is 0 Å². The standard InChI is InChI=1S/C25H26N6O2/c1-15-11-16(2)31(29-15)20-6-4-5-18(12-20)21-14-27-22-13-19(9-10-30(21)22)24(32)28-23(17-7-8-17)25(33)26-3/h4-6,9-14,17,23H,7-8H2,1-3H3,(H,26,33)(H,28,32)/t23-/m0/s1. The maximum absolute atomic E-state index is 12.8. The molecule has 5 rings (SSSR count). The summed E-state index contributed by atoms with van der Waals surface area (Å²) in [5.41, 5.74) is 6.07. The number of likely N-dealkylation sites (N-methyl/N-ethyl adjacent to an activating group) is 1. The Balaban J connectivity index is 1.43. The number of imidazole rings is 1. The molecule has 0 bridgehead atoms. The molecule has 1 aliphatic rings. The van der Waals surface area contributed by atoms with E-state index in [1.807, 2.05) is 53.4 Å². The maximum Gasteiger partial charge on any atom is 0.252 e. The quantitative estimate of drug-likeness (QED) is 0.480. The number of rotatable bonds is 6. The van der Waals surface area contributed by atoms with Gasteiger partial charge in [0.15, 0.2) is 0 Å². The van der Waals surface area contributed by atoms with E-state index in [1.165, 1.54) is 0 Å². The summed E-state index contributed by atoms with van der Waals surface area (Å²) in [6, 6.07) is 13.2. The van der Waals surface area contributed by atoms with Crippen molar-refractivity contribution >= 4 is 17.5 Å². The molecular formula is C25H26N6O2. The Morgan fingerprint density at radius 1 is 1.12 bits per heavy atom. The average molecular weight is 443 g/mol. The molecule has 8 nitrogen and oxygen atoms in total. The van der Waals surface area contributed by atoms with Crippen LogP contribution in [0, 0.1) is 19.8 Å². The number of aromatic nitrogens is 4. The molecule has 1 atom stereocenters. The zero-order valence-electron chi connectivity index (χ0n) is 18.9. The van der Waals surface area contributed by atoms with Crippen LogP contribution in [-0.4, -0.2) is 44.1 Å². The molecule has 3 heterocycles. The van der Waals surface area contributed by atoms with Crippen molar-refractivity contribution in [3.8, 4) is 16.9 Å². The van der Waals surface area contributed by atoms with Gasteiger partial charge in [0.1, 0.15) is 11.7 Å². The Kier molecular flexibility index (Phi) is 5.20. The van der Waals surface area contributed by atoms with Gasteiger partial charge in [0.2, 0.25) is 5.91 Å². The molecule has 2 amide bonds. The summed E-state index contributed by atoms with van der Waals surface area (Å²) in [6.07, 6.45) is 5.55. The van der Waals surface area contributed by atoms with Crippen molar-refractivity contribution in [3.63, 3.8) is 0 Å². The second kappa shape index (κ2) is 8.20. The molecular weight excluding hydrogens is 416 g/mol. The van der Waals surface area contributed by atoms with Gasteiger partial charge in [0.25, 0.3) is 5.91 Å². The molecule has 33 heavy (non-hydrogen) atoms. The van der Waals surface area contributed by atoms with E-state index in [2.05, 4.69) is 26.8 Å². The number of carbonyl (C=O) groups excluding carboxylic acids is 2. The maximum atomic E-state index is 12.8. The largest absolute Gasteiger partial charge is 0.357 e. The van der Waals surface area contributed by atoms with Crippen LogP contribution in [0.5, 0.6) is 0 Å². The number of aryl methyl sites for hydroxylation is 2. The first-order valence-electron chi connectivity index (χ1n) is 11.1. The molecule has 4 aromatic rings. The van der Waals surface area contributed by atoms with Gasteiger partial charge in [0.05, 0.1) is 23.3 Å². The summed E-state index contributed by atoms with van der Waals surface area (Å²) in [5.74, 6) is -0.211. The summed E-state index contributed by atoms with van der Waals surface area (Å²) in [4.78, 5) is 29.5. The lowest BCUT2D eigenvalue weighted by molar-refractivity contribution is -0.122. The van der Waals surface area contributed by atoms with Gasteiger partial charge in [-0.25, -0.2) is 9.67 Å². The highest BCUT2D eigenvalue weighted by atomic mass is 16.2. The van der Waals surface area contributed by atoms with Gasteiger partial charge in [-0.1, -0.05) is 12.1 Å². The summed E-state index contributed by atoms with van der Waals surface area (Å²) in [7, 11) is 1.59. The second-order valence-electron chi connectivity index (χ2n) is 8.58. The van der Waals surface area contributed by atoms with Gasteiger partial charge in [-0.3, -0.25) is 14.0 Å². The Morgan fingerprint density at radius 3 is 2.64 bits per heavy atom. The van der Waals surface area contributed by atoms with E-state index in [0.29, 0.717) is 11.2 Å². The first kappa shape index (κ1) is 20.9. The van der Waals surface area contributed by atoms with E-state index >= 15 is 0 Å².